The number of nitrogens with one attached hydrogen (secondary N) is 2. The Bertz CT molecular complexity index is 1140. The van der Waals surface area contributed by atoms with Crippen molar-refractivity contribution in [1.29, 1.82) is 0 Å². The average molecular weight is 672 g/mol. The minimum atomic E-state index is 0. The summed E-state index contributed by atoms with van der Waals surface area (Å²) in [5.74, 6) is 0. The molecule has 8 bridgehead atoms. The van der Waals surface area contributed by atoms with Gasteiger partial charge in [0.15, 0.2) is 0 Å². The van der Waals surface area contributed by atoms with Crippen LogP contribution in [-0.2, 0) is 75.5 Å². The van der Waals surface area contributed by atoms with E-state index in [0.29, 0.717) is 24.2 Å². The van der Waals surface area contributed by atoms with Crippen molar-refractivity contribution in [2.45, 2.75) is 157 Å². The van der Waals surface area contributed by atoms with Crippen molar-refractivity contribution in [3.05, 3.63) is 74.0 Å². The van der Waals surface area contributed by atoms with E-state index in [1.807, 2.05) is 0 Å². The zero-order valence-corrected chi connectivity index (χ0v) is 29.7. The minimum absolute atomic E-state index is 0. The Labute approximate surface area is 274 Å². The number of rotatable bonds is 8. The summed E-state index contributed by atoms with van der Waals surface area (Å²) in [7, 11) is 0. The third-order valence-electron chi connectivity index (χ3n) is 10.5. The molecule has 0 fully saturated rings. The van der Waals surface area contributed by atoms with Gasteiger partial charge in [0.2, 0.25) is 0 Å². The summed E-state index contributed by atoms with van der Waals surface area (Å²) < 4.78 is 7.50. The van der Waals surface area contributed by atoms with E-state index in [-0.39, 0.29) is 19.5 Å². The normalized spacial score (nSPS) is 23.3. The zero-order chi connectivity index (χ0) is 30.6. The van der Waals surface area contributed by atoms with E-state index in [4.69, 9.17) is 14.6 Å². The van der Waals surface area contributed by atoms with E-state index >= 15 is 0 Å². The molecule has 6 heteroatoms. The maximum Gasteiger partial charge on any atom is 2.00 e. The van der Waals surface area contributed by atoms with Crippen molar-refractivity contribution < 1.29 is 24.1 Å². The third-order valence-corrected chi connectivity index (χ3v) is 10.5. The fourth-order valence-electron chi connectivity index (χ4n) is 8.82. The van der Waals surface area contributed by atoms with Gasteiger partial charge in [-0.3, -0.25) is 0 Å². The minimum Gasteiger partial charge on any atom is 2.00 e. The molecule has 2 aromatic heterocycles. The summed E-state index contributed by atoms with van der Waals surface area (Å²) >= 11 is 0. The van der Waals surface area contributed by atoms with Gasteiger partial charge in [-0.15, -0.1) is 0 Å². The van der Waals surface area contributed by atoms with E-state index in [9.17, 15) is 0 Å². The van der Waals surface area contributed by atoms with Crippen molar-refractivity contribution in [3.63, 3.8) is 0 Å². The van der Waals surface area contributed by atoms with E-state index in [2.05, 4.69) is 72.7 Å². The molecule has 43 heavy (non-hydrogen) atoms. The SMILES string of the molecule is CCC1=C(CC)C2Cc3[n-]c(c(CC)c3CC)CC3NC(Cc4[n-]c(c(CC)c4CC)CC1N2)C(CC)=C3CC.[C-]#[O+].[Ru+2]. The van der Waals surface area contributed by atoms with Crippen LogP contribution in [0.1, 0.15) is 126 Å². The predicted octanol–water partition coefficient (Wildman–Crippen LogP) is 6.61. The molecule has 0 saturated heterocycles. The molecule has 0 spiro atoms. The van der Waals surface area contributed by atoms with Crippen LogP contribution in [0.15, 0.2) is 22.3 Å². The van der Waals surface area contributed by atoms with Crippen molar-refractivity contribution in [2.24, 2.45) is 0 Å². The third kappa shape index (κ3) is 6.66. The van der Waals surface area contributed by atoms with E-state index in [1.165, 1.54) is 45.0 Å². The van der Waals surface area contributed by atoms with Crippen LogP contribution >= 0.6 is 0 Å². The fourth-order valence-corrected chi connectivity index (χ4v) is 8.82. The molecule has 0 aliphatic carbocycles. The van der Waals surface area contributed by atoms with Gasteiger partial charge in [-0.05, 0) is 77.0 Å². The first-order valence-corrected chi connectivity index (χ1v) is 16.9. The Kier molecular flexibility index (Phi) is 13.4. The summed E-state index contributed by atoms with van der Waals surface area (Å²) in [5.41, 5.74) is 18.0. The Balaban J connectivity index is 0.00000165. The summed E-state index contributed by atoms with van der Waals surface area (Å²) in [5, 5.41) is 8.28. The average Bonchev–Trinajstić information content (AvgIpc) is 3.73. The summed E-state index contributed by atoms with van der Waals surface area (Å²) in [6.07, 6.45) is 12.8. The van der Waals surface area contributed by atoms with Gasteiger partial charge in [-0.25, -0.2) is 0 Å². The van der Waals surface area contributed by atoms with Gasteiger partial charge >= 0.3 is 30.8 Å². The molecule has 4 unspecified atom stereocenters. The molecule has 4 atom stereocenters. The van der Waals surface area contributed by atoms with Crippen LogP contribution in [0.4, 0.5) is 0 Å². The molecular formula is C37H54N4ORu. The molecule has 0 amide bonds. The smallest absolute Gasteiger partial charge is 2.00 e. The Hall–Kier alpha value is -1.68. The monoisotopic (exact) mass is 672 g/mol. The number of fused-ring (bicyclic) bond motifs is 8. The van der Waals surface area contributed by atoms with Crippen LogP contribution in [0.5, 0.6) is 0 Å². The molecule has 5 rings (SSSR count). The van der Waals surface area contributed by atoms with Gasteiger partial charge in [0.1, 0.15) is 0 Å². The summed E-state index contributed by atoms with van der Waals surface area (Å²) in [6.45, 7) is 23.2. The molecule has 2 N–H and O–H groups in total. The van der Waals surface area contributed by atoms with Crippen molar-refractivity contribution in [2.75, 3.05) is 0 Å². The molecule has 0 radical (unpaired) electrons. The first-order valence-electron chi connectivity index (χ1n) is 16.9. The fraction of sp³-hybridized carbons (Fsp3) is 0.649. The number of nitrogens with zero attached hydrogens (tertiary/aromatic N) is 2. The van der Waals surface area contributed by atoms with Gasteiger partial charge in [-0.1, -0.05) is 99.9 Å². The van der Waals surface area contributed by atoms with Gasteiger partial charge in [0.25, 0.3) is 0 Å². The van der Waals surface area contributed by atoms with Gasteiger partial charge in [-0.2, -0.15) is 22.8 Å². The van der Waals surface area contributed by atoms with Crippen LogP contribution in [0.3, 0.4) is 0 Å². The topological polar surface area (TPSA) is 72.2 Å². The second kappa shape index (κ2) is 16.1. The second-order valence-corrected chi connectivity index (χ2v) is 12.2. The molecule has 5 heterocycles. The van der Waals surface area contributed by atoms with Crippen molar-refractivity contribution in [1.82, 2.24) is 20.6 Å². The molecule has 0 aromatic carbocycles. The van der Waals surface area contributed by atoms with Crippen molar-refractivity contribution in [3.8, 4) is 0 Å². The van der Waals surface area contributed by atoms with Gasteiger partial charge in [0.05, 0.1) is 0 Å². The summed E-state index contributed by atoms with van der Waals surface area (Å²) in [4.78, 5) is 11.0. The van der Waals surface area contributed by atoms with Gasteiger partial charge < -0.3 is 20.6 Å². The van der Waals surface area contributed by atoms with Crippen LogP contribution < -0.4 is 20.6 Å². The predicted molar refractivity (Wildman–Crippen MR) is 172 cm³/mol. The van der Waals surface area contributed by atoms with Gasteiger partial charge in [0, 0.05) is 24.2 Å². The van der Waals surface area contributed by atoms with Crippen LogP contribution in [0.2, 0.25) is 0 Å². The van der Waals surface area contributed by atoms with E-state index in [0.717, 1.165) is 77.0 Å². The maximum atomic E-state index is 7.50. The molecular weight excluding hydrogens is 618 g/mol. The standard InChI is InChI=1S/C36H54N4.CO.Ru/c1-9-21-22(10-2)30-18-32-25(13-5)26(14-6)34(39-32)20-36-28(16-8)27(15-7)35(40-36)19-33-24(12-4)23(11-3)31(38-33)17-29(21)37-30;1-2;/h29-30,35-37,40H,9-20H2,1-8H3;;/q-2;;+2. The maximum absolute atomic E-state index is 7.50. The van der Waals surface area contributed by atoms with Crippen LogP contribution in [-0.4, -0.2) is 24.2 Å². The molecule has 0 saturated carbocycles. The van der Waals surface area contributed by atoms with Crippen LogP contribution in [0, 0.1) is 6.65 Å². The Morgan fingerprint density at radius 2 is 0.674 bits per heavy atom. The van der Waals surface area contributed by atoms with E-state index < -0.39 is 0 Å². The van der Waals surface area contributed by atoms with Crippen molar-refractivity contribution >= 4 is 0 Å². The molecule has 5 nitrogen and oxygen atoms in total. The summed E-state index contributed by atoms with van der Waals surface area (Å²) in [6, 6.07) is 1.53. The number of hydrogen-bond donors (Lipinski definition) is 2. The number of hydrogen-bond acceptors (Lipinski definition) is 2. The second-order valence-electron chi connectivity index (χ2n) is 12.2. The Morgan fingerprint density at radius 1 is 0.465 bits per heavy atom. The molecule has 3 aliphatic rings. The molecule has 2 aromatic rings. The molecule has 236 valence electrons. The Morgan fingerprint density at radius 3 is 0.837 bits per heavy atom. The zero-order valence-electron chi connectivity index (χ0n) is 28.0. The van der Waals surface area contributed by atoms with Crippen LogP contribution in [0.25, 0.3) is 0 Å². The molecule has 3 aliphatic heterocycles. The largest absolute Gasteiger partial charge is 2.00 e. The quantitative estimate of drug-likeness (QED) is 0.144. The number of aromatic nitrogens is 2. The van der Waals surface area contributed by atoms with E-state index in [1.54, 1.807) is 22.3 Å². The first kappa shape index (κ1) is 35.8. The first-order chi connectivity index (χ1) is 20.5.